The maximum atomic E-state index is 14.9. The standard InChI is InChI=1S/C41H49NO13/c1-7-28(45)42-30(23-14-10-8-11-15-23)32(47)37(50)53-25-19-41(51)35(54-36(49)24-16-12-9-13-17-24)33-39(6,34(48)31(46)29(21(25)2)38(41,4)5)26(44)18-27-40(33,20-52-27)55-22(3)43/h8-17,25-27,30-33,35,44,46-47,51H,7,18-20H2,1-6H3,(H,42,45)/t25-,26-,27+,30+,31+,32+,33-,35-,39+,40-,41+/m0/s1. The molecule has 2 aromatic carbocycles. The number of esters is 3. The van der Waals surface area contributed by atoms with Crippen molar-refractivity contribution in [2.75, 3.05) is 6.61 Å². The Morgan fingerprint density at radius 1 is 0.982 bits per heavy atom. The molecule has 296 valence electrons. The zero-order valence-corrected chi connectivity index (χ0v) is 31.7. The molecule has 14 nitrogen and oxygen atoms in total. The van der Waals surface area contributed by atoms with E-state index in [4.69, 9.17) is 18.9 Å². The molecule has 11 atom stereocenters. The van der Waals surface area contributed by atoms with Crippen LogP contribution in [0.2, 0.25) is 0 Å². The van der Waals surface area contributed by atoms with Gasteiger partial charge in [-0.3, -0.25) is 14.4 Å². The van der Waals surface area contributed by atoms with Gasteiger partial charge in [-0.1, -0.05) is 69.3 Å². The molecule has 0 unspecified atom stereocenters. The van der Waals surface area contributed by atoms with Crippen LogP contribution in [0.4, 0.5) is 0 Å². The molecule has 1 amide bonds. The average Bonchev–Trinajstić information content (AvgIpc) is 3.15. The van der Waals surface area contributed by atoms with Gasteiger partial charge in [0.25, 0.3) is 0 Å². The van der Waals surface area contributed by atoms with Crippen molar-refractivity contribution >= 4 is 29.6 Å². The van der Waals surface area contributed by atoms with Crippen LogP contribution in [0.3, 0.4) is 0 Å². The Morgan fingerprint density at radius 2 is 1.60 bits per heavy atom. The lowest BCUT2D eigenvalue weighted by molar-refractivity contribution is -0.346. The van der Waals surface area contributed by atoms with Crippen molar-refractivity contribution in [2.45, 2.75) is 115 Å². The number of ether oxygens (including phenoxy) is 4. The van der Waals surface area contributed by atoms with Crippen LogP contribution < -0.4 is 5.32 Å². The molecule has 2 bridgehead atoms. The first-order chi connectivity index (χ1) is 25.8. The van der Waals surface area contributed by atoms with E-state index in [1.807, 2.05) is 0 Å². The van der Waals surface area contributed by atoms with E-state index in [-0.39, 0.29) is 36.2 Å². The number of carbonyl (C=O) groups is 5. The first-order valence-electron chi connectivity index (χ1n) is 18.5. The van der Waals surface area contributed by atoms with Crippen LogP contribution >= 0.6 is 0 Å². The van der Waals surface area contributed by atoms with Gasteiger partial charge in [-0.05, 0) is 42.7 Å². The third kappa shape index (κ3) is 6.37. The minimum Gasteiger partial charge on any atom is -0.456 e. The second kappa shape index (κ2) is 14.6. The van der Waals surface area contributed by atoms with Gasteiger partial charge < -0.3 is 44.7 Å². The second-order valence-corrected chi connectivity index (χ2v) is 15.8. The molecular weight excluding hydrogens is 714 g/mol. The number of nitrogens with one attached hydrogen (secondary N) is 1. The van der Waals surface area contributed by atoms with Crippen molar-refractivity contribution in [2.24, 2.45) is 16.7 Å². The Balaban J connectivity index is 1.51. The lowest BCUT2D eigenvalue weighted by atomic mass is 9.44. The molecule has 14 heteroatoms. The zero-order valence-electron chi connectivity index (χ0n) is 31.7. The molecule has 2 aromatic rings. The Labute approximate surface area is 318 Å². The van der Waals surface area contributed by atoms with Crippen LogP contribution in [0.15, 0.2) is 71.8 Å². The fraction of sp³-hybridized carbons (Fsp3) is 0.537. The molecule has 3 fully saturated rings. The minimum atomic E-state index is -2.32. The number of aliphatic hydroxyl groups is 4. The van der Waals surface area contributed by atoms with E-state index in [0.29, 0.717) is 5.56 Å². The predicted octanol–water partition coefficient (Wildman–Crippen LogP) is 2.26. The summed E-state index contributed by atoms with van der Waals surface area (Å²) >= 11 is 0. The van der Waals surface area contributed by atoms with Crippen molar-refractivity contribution < 1.29 is 63.3 Å². The third-order valence-corrected chi connectivity index (χ3v) is 12.5. The van der Waals surface area contributed by atoms with Crippen LogP contribution in [-0.2, 0) is 38.1 Å². The molecule has 0 aromatic heterocycles. The Hall–Kier alpha value is -4.47. The van der Waals surface area contributed by atoms with E-state index in [0.717, 1.165) is 6.92 Å². The maximum absolute atomic E-state index is 14.9. The number of carbonyl (C=O) groups excluding carboxylic acids is 5. The highest BCUT2D eigenvalue weighted by Gasteiger charge is 2.78. The molecule has 1 saturated heterocycles. The third-order valence-electron chi connectivity index (χ3n) is 12.5. The molecule has 5 N–H and O–H groups in total. The summed E-state index contributed by atoms with van der Waals surface area (Å²) in [5, 5.41) is 51.4. The van der Waals surface area contributed by atoms with Gasteiger partial charge in [0.05, 0.1) is 35.6 Å². The number of amides is 1. The van der Waals surface area contributed by atoms with Crippen LogP contribution in [0, 0.1) is 16.7 Å². The molecule has 0 spiro atoms. The van der Waals surface area contributed by atoms with Gasteiger partial charge >= 0.3 is 17.9 Å². The highest BCUT2D eigenvalue weighted by Crippen LogP contribution is 2.64. The maximum Gasteiger partial charge on any atom is 0.338 e. The van der Waals surface area contributed by atoms with Crippen LogP contribution in [-0.4, -0.2) is 104 Å². The van der Waals surface area contributed by atoms with E-state index >= 15 is 0 Å². The largest absolute Gasteiger partial charge is 0.456 e. The highest BCUT2D eigenvalue weighted by atomic mass is 16.6. The summed E-state index contributed by atoms with van der Waals surface area (Å²) in [4.78, 5) is 68.2. The van der Waals surface area contributed by atoms with Crippen molar-refractivity contribution in [3.8, 4) is 0 Å². The fourth-order valence-electron chi connectivity index (χ4n) is 9.40. The summed E-state index contributed by atoms with van der Waals surface area (Å²) < 4.78 is 24.1. The van der Waals surface area contributed by atoms with Gasteiger partial charge in [0, 0.05) is 31.6 Å². The van der Waals surface area contributed by atoms with E-state index in [9.17, 15) is 44.4 Å². The average molecular weight is 764 g/mol. The topological polar surface area (TPSA) is 215 Å². The van der Waals surface area contributed by atoms with Crippen molar-refractivity contribution in [3.63, 3.8) is 0 Å². The van der Waals surface area contributed by atoms with Gasteiger partial charge in [-0.15, -0.1) is 0 Å². The van der Waals surface area contributed by atoms with Crippen molar-refractivity contribution in [3.05, 3.63) is 82.9 Å². The van der Waals surface area contributed by atoms with Crippen LogP contribution in [0.1, 0.15) is 82.8 Å². The molecular formula is C41H49NO13. The number of Topliss-reactive ketones (excluding diaryl/α,β-unsaturated/α-hetero) is 1. The Morgan fingerprint density at radius 3 is 2.16 bits per heavy atom. The van der Waals surface area contributed by atoms with Crippen LogP contribution in [0.5, 0.6) is 0 Å². The van der Waals surface area contributed by atoms with E-state index < -0.39 is 107 Å². The summed E-state index contributed by atoms with van der Waals surface area (Å²) in [5.74, 6) is -5.70. The number of rotatable bonds is 9. The van der Waals surface area contributed by atoms with Gasteiger partial charge in [-0.2, -0.15) is 0 Å². The first-order valence-corrected chi connectivity index (χ1v) is 18.5. The van der Waals surface area contributed by atoms with E-state index in [2.05, 4.69) is 5.32 Å². The smallest absolute Gasteiger partial charge is 0.338 e. The number of fused-ring (bicyclic) bond motifs is 5. The number of hydrogen-bond donors (Lipinski definition) is 5. The van der Waals surface area contributed by atoms with Crippen molar-refractivity contribution in [1.29, 1.82) is 0 Å². The Bertz CT molecular complexity index is 1880. The number of hydrogen-bond acceptors (Lipinski definition) is 13. The monoisotopic (exact) mass is 763 g/mol. The SMILES string of the molecule is CCC(=O)N[C@H](c1ccccc1)[C@@H](O)C(=O)O[C@H]1C[C@@]2(O)[C@@H](OC(=O)c3ccccc3)[C@@H]3[C@]4(OC(C)=O)CO[C@@H]4C[C@H](O)[C@@]3(C)C(=O)[C@H](O)C(=C1C)C2(C)C. The second-order valence-electron chi connectivity index (χ2n) is 15.8. The number of benzene rings is 2. The van der Waals surface area contributed by atoms with E-state index in [1.165, 1.54) is 26.0 Å². The molecule has 1 aliphatic heterocycles. The quantitative estimate of drug-likeness (QED) is 0.141. The number of aliphatic hydroxyl groups excluding tert-OH is 3. The summed E-state index contributed by atoms with van der Waals surface area (Å²) in [6.07, 6.45) is -10.2. The predicted molar refractivity (Wildman–Crippen MR) is 193 cm³/mol. The lowest BCUT2D eigenvalue weighted by Gasteiger charge is -2.67. The lowest BCUT2D eigenvalue weighted by Crippen LogP contribution is -2.81. The molecule has 0 radical (unpaired) electrons. The molecule has 6 rings (SSSR count). The summed E-state index contributed by atoms with van der Waals surface area (Å²) in [7, 11) is 0. The van der Waals surface area contributed by atoms with Gasteiger partial charge in [0.15, 0.2) is 17.5 Å². The molecule has 4 aliphatic rings. The molecule has 1 heterocycles. The van der Waals surface area contributed by atoms with E-state index in [1.54, 1.807) is 69.3 Å². The minimum absolute atomic E-state index is 0.0430. The summed E-state index contributed by atoms with van der Waals surface area (Å²) in [5.41, 5.74) is -6.99. The van der Waals surface area contributed by atoms with Gasteiger partial charge in [0.1, 0.15) is 30.0 Å². The number of ketones is 1. The first kappa shape index (κ1) is 40.2. The van der Waals surface area contributed by atoms with Gasteiger partial charge in [-0.25, -0.2) is 9.59 Å². The molecule has 55 heavy (non-hydrogen) atoms. The summed E-state index contributed by atoms with van der Waals surface area (Å²) in [6.45, 7) is 8.52. The van der Waals surface area contributed by atoms with Gasteiger partial charge in [0.2, 0.25) is 5.91 Å². The summed E-state index contributed by atoms with van der Waals surface area (Å²) in [6, 6.07) is 15.0. The normalized spacial score (nSPS) is 34.6. The fourth-order valence-corrected chi connectivity index (χ4v) is 9.40. The highest BCUT2D eigenvalue weighted by molar-refractivity contribution is 5.94. The van der Waals surface area contributed by atoms with Crippen LogP contribution in [0.25, 0.3) is 0 Å². The Kier molecular flexibility index (Phi) is 10.6. The van der Waals surface area contributed by atoms with Crippen molar-refractivity contribution in [1.82, 2.24) is 5.32 Å². The molecule has 3 aliphatic carbocycles. The zero-order chi connectivity index (χ0) is 40.2. The molecule has 2 saturated carbocycles.